The summed E-state index contributed by atoms with van der Waals surface area (Å²) in [6, 6.07) is 0. The Morgan fingerprint density at radius 3 is 2.66 bits per heavy atom. The number of aliphatic carboxylic acids is 1. The van der Waals surface area contributed by atoms with Crippen LogP contribution in [0.25, 0.3) is 0 Å². The Morgan fingerprint density at radius 1 is 1.24 bits per heavy atom. The lowest BCUT2D eigenvalue weighted by Crippen LogP contribution is -2.67. The lowest BCUT2D eigenvalue weighted by atomic mass is 9.43. The van der Waals surface area contributed by atoms with Crippen LogP contribution in [0.2, 0.25) is 0 Å². The van der Waals surface area contributed by atoms with Crippen LogP contribution in [-0.2, 0) is 9.59 Å². The van der Waals surface area contributed by atoms with Gasteiger partial charge in [0.15, 0.2) is 5.78 Å². The van der Waals surface area contributed by atoms with Crippen molar-refractivity contribution in [3.63, 3.8) is 0 Å². The Hall–Kier alpha value is -1.20. The third kappa shape index (κ3) is 2.95. The Morgan fingerprint density at radius 2 is 1.97 bits per heavy atom. The fourth-order valence-electron chi connectivity index (χ4n) is 8.02. The molecule has 0 saturated heterocycles. The van der Waals surface area contributed by atoms with E-state index in [0.717, 1.165) is 24.8 Å². The number of carboxylic acid groups (broad SMARTS) is 1. The normalized spacial score (nSPS) is 47.6. The standard InChI is InChI=1S/C24H36O5/c1-14(4-7-20(27)28)17-5-6-18-21-19(26)13-15-12-16(25)8-9-23(15,3)24(21,29)11-10-22(17,18)2/h12,14,17-19,21,26,29H,4-11,13H2,1-3H3,(H,27,28)/t14-,17-,18+,19?,21-,22-,23+,24-/m1/s1. The van der Waals surface area contributed by atoms with E-state index in [1.54, 1.807) is 6.08 Å². The molecule has 0 bridgehead atoms. The minimum absolute atomic E-state index is 0.0257. The topological polar surface area (TPSA) is 94.8 Å². The molecule has 3 saturated carbocycles. The van der Waals surface area contributed by atoms with Crippen molar-refractivity contribution in [1.29, 1.82) is 0 Å². The highest BCUT2D eigenvalue weighted by Crippen LogP contribution is 2.69. The van der Waals surface area contributed by atoms with E-state index in [1.807, 2.05) is 0 Å². The van der Waals surface area contributed by atoms with Crippen LogP contribution in [0.1, 0.15) is 78.6 Å². The predicted octanol–water partition coefficient (Wildman–Crippen LogP) is 3.72. The second-order valence-electron chi connectivity index (χ2n) is 10.9. The van der Waals surface area contributed by atoms with Crippen molar-refractivity contribution < 1.29 is 24.9 Å². The largest absolute Gasteiger partial charge is 0.481 e. The van der Waals surface area contributed by atoms with Crippen molar-refractivity contribution in [1.82, 2.24) is 0 Å². The summed E-state index contributed by atoms with van der Waals surface area (Å²) in [4.78, 5) is 23.1. The van der Waals surface area contributed by atoms with Crippen LogP contribution in [0, 0.1) is 34.5 Å². The van der Waals surface area contributed by atoms with Gasteiger partial charge in [0.25, 0.3) is 0 Å². The van der Waals surface area contributed by atoms with Crippen molar-refractivity contribution in [2.75, 3.05) is 0 Å². The summed E-state index contributed by atoms with van der Waals surface area (Å²) in [6.07, 6.45) is 7.16. The number of carboxylic acids is 1. The molecule has 0 radical (unpaired) electrons. The predicted molar refractivity (Wildman–Crippen MR) is 109 cm³/mol. The van der Waals surface area contributed by atoms with Gasteiger partial charge in [-0.15, -0.1) is 0 Å². The molecule has 4 aliphatic rings. The highest BCUT2D eigenvalue weighted by atomic mass is 16.4. The number of fused-ring (bicyclic) bond motifs is 5. The number of carbonyl (C=O) groups excluding carboxylic acids is 1. The number of hydrogen-bond acceptors (Lipinski definition) is 4. The maximum atomic E-state index is 12.1. The Labute approximate surface area is 173 Å². The van der Waals surface area contributed by atoms with Gasteiger partial charge in [-0.25, -0.2) is 0 Å². The van der Waals surface area contributed by atoms with E-state index in [2.05, 4.69) is 20.8 Å². The minimum atomic E-state index is -0.972. The van der Waals surface area contributed by atoms with Crippen LogP contribution in [0.15, 0.2) is 11.6 Å². The third-order valence-corrected chi connectivity index (χ3v) is 9.73. The summed E-state index contributed by atoms with van der Waals surface area (Å²) in [7, 11) is 0. The van der Waals surface area contributed by atoms with Gasteiger partial charge in [0, 0.05) is 24.2 Å². The van der Waals surface area contributed by atoms with Crippen LogP contribution in [0.3, 0.4) is 0 Å². The number of hydrogen-bond donors (Lipinski definition) is 3. The fourth-order valence-corrected chi connectivity index (χ4v) is 8.02. The van der Waals surface area contributed by atoms with Gasteiger partial charge < -0.3 is 15.3 Å². The summed E-state index contributed by atoms with van der Waals surface area (Å²) in [5.41, 5.74) is -0.439. The molecule has 29 heavy (non-hydrogen) atoms. The van der Waals surface area contributed by atoms with Crippen molar-refractivity contribution >= 4 is 11.8 Å². The molecule has 0 aromatic heterocycles. The summed E-state index contributed by atoms with van der Waals surface area (Å²) in [6.45, 7) is 6.60. The molecule has 8 atom stereocenters. The molecule has 0 aliphatic heterocycles. The molecule has 0 heterocycles. The summed E-state index contributed by atoms with van der Waals surface area (Å²) >= 11 is 0. The molecule has 1 unspecified atom stereocenters. The maximum absolute atomic E-state index is 12.1. The van der Waals surface area contributed by atoms with Gasteiger partial charge in [-0.1, -0.05) is 26.3 Å². The summed E-state index contributed by atoms with van der Waals surface area (Å²) in [5.74, 6) is 0.197. The van der Waals surface area contributed by atoms with Gasteiger partial charge in [0.2, 0.25) is 0 Å². The van der Waals surface area contributed by atoms with Gasteiger partial charge in [-0.2, -0.15) is 0 Å². The Bertz CT molecular complexity index is 744. The molecule has 4 aliphatic carbocycles. The zero-order valence-corrected chi connectivity index (χ0v) is 18.0. The number of aliphatic hydroxyl groups is 2. The van der Waals surface area contributed by atoms with Gasteiger partial charge in [0.1, 0.15) is 0 Å². The second-order valence-corrected chi connectivity index (χ2v) is 10.9. The van der Waals surface area contributed by atoms with Crippen molar-refractivity contribution in [3.8, 4) is 0 Å². The monoisotopic (exact) mass is 404 g/mol. The first kappa shape index (κ1) is 21.0. The van der Waals surface area contributed by atoms with Crippen LogP contribution >= 0.6 is 0 Å². The van der Waals surface area contributed by atoms with Crippen molar-refractivity contribution in [2.45, 2.75) is 90.3 Å². The molecule has 0 spiro atoms. The lowest BCUT2D eigenvalue weighted by molar-refractivity contribution is -0.223. The number of aliphatic hydroxyl groups excluding tert-OH is 1. The molecule has 5 nitrogen and oxygen atoms in total. The number of rotatable bonds is 4. The van der Waals surface area contributed by atoms with E-state index in [1.165, 1.54) is 0 Å². The van der Waals surface area contributed by atoms with Crippen molar-refractivity contribution in [3.05, 3.63) is 11.6 Å². The quantitative estimate of drug-likeness (QED) is 0.664. The fraction of sp³-hybridized carbons (Fsp3) is 0.833. The second kappa shape index (κ2) is 6.91. The van der Waals surface area contributed by atoms with Gasteiger partial charge in [0.05, 0.1) is 11.7 Å². The molecular weight excluding hydrogens is 368 g/mol. The third-order valence-electron chi connectivity index (χ3n) is 9.73. The molecule has 5 heteroatoms. The first-order chi connectivity index (χ1) is 13.5. The maximum Gasteiger partial charge on any atom is 0.303 e. The molecule has 3 N–H and O–H groups in total. The zero-order chi connectivity index (χ0) is 21.2. The van der Waals surface area contributed by atoms with Crippen molar-refractivity contribution in [2.24, 2.45) is 34.5 Å². The Kier molecular flexibility index (Phi) is 5.02. The first-order valence-corrected chi connectivity index (χ1v) is 11.4. The summed E-state index contributed by atoms with van der Waals surface area (Å²) < 4.78 is 0. The average molecular weight is 405 g/mol. The molecule has 0 amide bonds. The van der Waals surface area contributed by atoms with Gasteiger partial charge in [-0.3, -0.25) is 9.59 Å². The van der Waals surface area contributed by atoms with Crippen LogP contribution in [0.5, 0.6) is 0 Å². The smallest absolute Gasteiger partial charge is 0.303 e. The van der Waals surface area contributed by atoms with E-state index in [0.29, 0.717) is 43.9 Å². The van der Waals surface area contributed by atoms with E-state index >= 15 is 0 Å². The van der Waals surface area contributed by atoms with Gasteiger partial charge >= 0.3 is 5.97 Å². The average Bonchev–Trinajstić information content (AvgIpc) is 2.99. The first-order valence-electron chi connectivity index (χ1n) is 11.4. The molecular formula is C24H36O5. The number of carbonyl (C=O) groups is 2. The summed E-state index contributed by atoms with van der Waals surface area (Å²) in [5, 5.41) is 32.3. The minimum Gasteiger partial charge on any atom is -0.481 e. The van der Waals surface area contributed by atoms with E-state index in [-0.39, 0.29) is 29.5 Å². The molecule has 0 aromatic rings. The molecule has 4 rings (SSSR count). The van der Waals surface area contributed by atoms with E-state index < -0.39 is 23.1 Å². The van der Waals surface area contributed by atoms with Crippen LogP contribution in [-0.4, -0.2) is 38.8 Å². The number of ketones is 1. The SMILES string of the molecule is C[C@H](CCC(=O)O)[C@H]1CC[C@H]2[C@@H]3C(O)CC4=CC(=O)CC[C@]4(C)[C@@]3(O)CC[C@]12C. The lowest BCUT2D eigenvalue weighted by Gasteiger charge is -2.64. The highest BCUT2D eigenvalue weighted by Gasteiger charge is 2.68. The van der Waals surface area contributed by atoms with E-state index in [9.17, 15) is 19.8 Å². The molecule has 162 valence electrons. The zero-order valence-electron chi connectivity index (χ0n) is 18.0. The van der Waals surface area contributed by atoms with Crippen LogP contribution in [0.4, 0.5) is 0 Å². The molecule has 0 aromatic carbocycles. The highest BCUT2D eigenvalue weighted by molar-refractivity contribution is 5.91. The van der Waals surface area contributed by atoms with Gasteiger partial charge in [-0.05, 0) is 74.2 Å². The Balaban J connectivity index is 1.65. The van der Waals surface area contributed by atoms with E-state index in [4.69, 9.17) is 5.11 Å². The van der Waals surface area contributed by atoms with Crippen LogP contribution < -0.4 is 0 Å². The molecule has 3 fully saturated rings.